The van der Waals surface area contributed by atoms with Crippen molar-refractivity contribution in [2.45, 2.75) is 0 Å². The third kappa shape index (κ3) is 2.25. The van der Waals surface area contributed by atoms with Crippen LogP contribution in [0, 0.1) is 23.6 Å². The molecule has 2 aromatic heterocycles. The number of hydrogen-bond donors (Lipinski definition) is 2. The van der Waals surface area contributed by atoms with Crippen LogP contribution in [0.1, 0.15) is 5.56 Å². The lowest BCUT2D eigenvalue weighted by Gasteiger charge is -2.03. The van der Waals surface area contributed by atoms with Gasteiger partial charge in [-0.25, -0.2) is 13.8 Å². The Morgan fingerprint density at radius 3 is 2.67 bits per heavy atom. The first-order valence-corrected chi connectivity index (χ1v) is 7.24. The maximum atomic E-state index is 13.9. The number of nitrogens with zero attached hydrogens (tertiary/aromatic N) is 1. The number of nitrogens with two attached hydrogens (primary N) is 1. The molecular formula is C19H11F2N3. The van der Waals surface area contributed by atoms with Gasteiger partial charge in [0.2, 0.25) is 0 Å². The van der Waals surface area contributed by atoms with Crippen LogP contribution in [0.3, 0.4) is 0 Å². The molecule has 0 saturated carbocycles. The Bertz CT molecular complexity index is 1150. The molecule has 3 N–H and O–H groups in total. The molecule has 0 bridgehead atoms. The number of aromatic nitrogens is 2. The van der Waals surface area contributed by atoms with Gasteiger partial charge < -0.3 is 10.7 Å². The minimum absolute atomic E-state index is 0.349. The predicted octanol–water partition coefficient (Wildman–Crippen LogP) is 3.93. The molecule has 3 nitrogen and oxygen atoms in total. The second kappa shape index (κ2) is 5.36. The molecule has 0 atom stereocenters. The van der Waals surface area contributed by atoms with Gasteiger partial charge in [-0.15, -0.1) is 0 Å². The van der Waals surface area contributed by atoms with Crippen molar-refractivity contribution < 1.29 is 8.78 Å². The van der Waals surface area contributed by atoms with Crippen LogP contribution in [0.25, 0.3) is 33.1 Å². The van der Waals surface area contributed by atoms with Gasteiger partial charge >= 0.3 is 0 Å². The summed E-state index contributed by atoms with van der Waals surface area (Å²) in [6, 6.07) is 13.1. The zero-order valence-corrected chi connectivity index (χ0v) is 12.4. The van der Waals surface area contributed by atoms with Crippen molar-refractivity contribution in [3.63, 3.8) is 0 Å². The highest BCUT2D eigenvalue weighted by Gasteiger charge is 2.12. The Balaban J connectivity index is 1.97. The lowest BCUT2D eigenvalue weighted by Crippen LogP contribution is -1.87. The summed E-state index contributed by atoms with van der Waals surface area (Å²) in [6.07, 6.45) is 1.74. The molecule has 116 valence electrons. The first-order valence-electron chi connectivity index (χ1n) is 7.24. The lowest BCUT2D eigenvalue weighted by atomic mass is 10.1. The minimum Gasteiger partial charge on any atom is -0.359 e. The van der Waals surface area contributed by atoms with Crippen molar-refractivity contribution in [3.8, 4) is 23.2 Å². The third-order valence-corrected chi connectivity index (χ3v) is 3.89. The summed E-state index contributed by atoms with van der Waals surface area (Å²) in [5, 5.41) is 1.48. The van der Waals surface area contributed by atoms with Crippen molar-refractivity contribution in [2.75, 3.05) is 0 Å². The summed E-state index contributed by atoms with van der Waals surface area (Å²) in [4.78, 5) is 7.58. The molecule has 0 aliphatic carbocycles. The fraction of sp³-hybridized carbons (Fsp3) is 0. The van der Waals surface area contributed by atoms with E-state index in [4.69, 9.17) is 5.73 Å². The Kier molecular flexibility index (Phi) is 3.17. The van der Waals surface area contributed by atoms with Gasteiger partial charge in [0.25, 0.3) is 0 Å². The van der Waals surface area contributed by atoms with Crippen LogP contribution in [0.2, 0.25) is 0 Å². The van der Waals surface area contributed by atoms with Crippen molar-refractivity contribution in [1.82, 2.24) is 9.97 Å². The number of rotatable bonds is 1. The normalized spacial score (nSPS) is 10.8. The summed E-state index contributed by atoms with van der Waals surface area (Å²) < 4.78 is 27.3. The van der Waals surface area contributed by atoms with Gasteiger partial charge in [-0.3, -0.25) is 0 Å². The summed E-state index contributed by atoms with van der Waals surface area (Å²) in [7, 11) is 0. The highest BCUT2D eigenvalue weighted by Crippen LogP contribution is 2.31. The molecule has 0 fully saturated rings. The molecule has 5 heteroatoms. The topological polar surface area (TPSA) is 54.7 Å². The molecule has 0 aliphatic rings. The number of benzene rings is 2. The number of nitrogens with one attached hydrogen (secondary N) is 1. The van der Waals surface area contributed by atoms with E-state index in [9.17, 15) is 8.78 Å². The third-order valence-electron chi connectivity index (χ3n) is 3.89. The Labute approximate surface area is 136 Å². The van der Waals surface area contributed by atoms with Gasteiger partial charge in [0.1, 0.15) is 11.6 Å². The second-order valence-electron chi connectivity index (χ2n) is 5.38. The lowest BCUT2D eigenvalue weighted by molar-refractivity contribution is 0.629. The molecular weight excluding hydrogens is 308 g/mol. The van der Waals surface area contributed by atoms with E-state index in [1.54, 1.807) is 12.3 Å². The van der Waals surface area contributed by atoms with Crippen LogP contribution < -0.4 is 5.73 Å². The molecule has 0 unspecified atom stereocenters. The summed E-state index contributed by atoms with van der Waals surface area (Å²) in [6.45, 7) is 0. The smallest absolute Gasteiger partial charge is 0.125 e. The van der Waals surface area contributed by atoms with Gasteiger partial charge in [0.15, 0.2) is 0 Å². The van der Waals surface area contributed by atoms with Crippen molar-refractivity contribution in [1.29, 1.82) is 0 Å². The Morgan fingerprint density at radius 2 is 1.83 bits per heavy atom. The molecule has 0 aliphatic heterocycles. The van der Waals surface area contributed by atoms with E-state index in [1.807, 2.05) is 12.1 Å². The van der Waals surface area contributed by atoms with Crippen molar-refractivity contribution >= 4 is 21.8 Å². The quantitative estimate of drug-likeness (QED) is 0.412. The molecule has 0 saturated heterocycles. The van der Waals surface area contributed by atoms with Crippen molar-refractivity contribution in [2.24, 2.45) is 5.73 Å². The van der Waals surface area contributed by atoms with E-state index in [1.165, 1.54) is 24.3 Å². The van der Waals surface area contributed by atoms with Gasteiger partial charge in [-0.1, -0.05) is 6.07 Å². The second-order valence-corrected chi connectivity index (χ2v) is 5.38. The summed E-state index contributed by atoms with van der Waals surface area (Å²) in [5.74, 6) is 1.92. The van der Waals surface area contributed by atoms with Crippen LogP contribution in [0.4, 0.5) is 8.78 Å². The van der Waals surface area contributed by atoms with Gasteiger partial charge in [-0.05, 0) is 36.3 Å². The first-order chi connectivity index (χ1) is 11.7. The predicted molar refractivity (Wildman–Crippen MR) is 90.0 cm³/mol. The zero-order chi connectivity index (χ0) is 16.7. The fourth-order valence-electron chi connectivity index (χ4n) is 2.83. The monoisotopic (exact) mass is 319 g/mol. The van der Waals surface area contributed by atoms with Crippen LogP contribution in [0.15, 0.2) is 48.7 Å². The average Bonchev–Trinajstić information content (AvgIpc) is 2.98. The number of pyridine rings is 1. The number of hydrogen-bond acceptors (Lipinski definition) is 2. The molecule has 2 aromatic carbocycles. The standard InChI is InChI=1S/C19H11F2N3/c20-13-3-1-11-2-4-17(24-18(11)9-13)16-10-23-19-12(5-6-22)7-14(21)8-15(16)19/h1-4,7-10,23H,22H2. The molecule has 4 rings (SSSR count). The minimum atomic E-state index is -0.409. The van der Waals surface area contributed by atoms with Crippen LogP contribution in [-0.4, -0.2) is 9.97 Å². The number of fused-ring (bicyclic) bond motifs is 2. The van der Waals surface area contributed by atoms with E-state index in [2.05, 4.69) is 21.9 Å². The highest BCUT2D eigenvalue weighted by atomic mass is 19.1. The van der Waals surface area contributed by atoms with E-state index in [0.717, 1.165) is 10.9 Å². The van der Waals surface area contributed by atoms with Crippen molar-refractivity contribution in [3.05, 3.63) is 65.9 Å². The Morgan fingerprint density at radius 1 is 1.00 bits per heavy atom. The molecule has 0 radical (unpaired) electrons. The van der Waals surface area contributed by atoms with E-state index in [0.29, 0.717) is 27.7 Å². The number of aromatic amines is 1. The number of H-pyrrole nitrogens is 1. The largest absolute Gasteiger partial charge is 0.359 e. The highest BCUT2D eigenvalue weighted by molar-refractivity contribution is 5.98. The number of halogens is 2. The Hall–Kier alpha value is -3.39. The van der Waals surface area contributed by atoms with Crippen LogP contribution in [0.5, 0.6) is 0 Å². The molecule has 24 heavy (non-hydrogen) atoms. The summed E-state index contributed by atoms with van der Waals surface area (Å²) >= 11 is 0. The zero-order valence-electron chi connectivity index (χ0n) is 12.4. The molecule has 0 spiro atoms. The fourth-order valence-corrected chi connectivity index (χ4v) is 2.83. The molecule has 2 heterocycles. The first kappa shape index (κ1) is 14.2. The van der Waals surface area contributed by atoms with E-state index < -0.39 is 5.82 Å². The maximum Gasteiger partial charge on any atom is 0.125 e. The molecule has 4 aromatic rings. The van der Waals surface area contributed by atoms with Gasteiger partial charge in [0, 0.05) is 34.6 Å². The average molecular weight is 319 g/mol. The van der Waals surface area contributed by atoms with E-state index >= 15 is 0 Å². The SMILES string of the molecule is NC#Cc1cc(F)cc2c(-c3ccc4ccc(F)cc4n3)c[nH]c12. The maximum absolute atomic E-state index is 13.9. The van der Waals surface area contributed by atoms with Gasteiger partial charge in [-0.2, -0.15) is 0 Å². The van der Waals surface area contributed by atoms with Gasteiger partial charge in [0.05, 0.1) is 22.3 Å². The summed E-state index contributed by atoms with van der Waals surface area (Å²) in [5.41, 5.74) is 8.30. The molecule has 0 amide bonds. The van der Waals surface area contributed by atoms with E-state index in [-0.39, 0.29) is 5.82 Å². The van der Waals surface area contributed by atoms with Crippen LogP contribution >= 0.6 is 0 Å². The van der Waals surface area contributed by atoms with Crippen LogP contribution in [-0.2, 0) is 0 Å².